The molecule has 0 aliphatic rings. The van der Waals surface area contributed by atoms with E-state index in [0.29, 0.717) is 16.9 Å². The van der Waals surface area contributed by atoms with Crippen molar-refractivity contribution in [3.05, 3.63) is 45.9 Å². The van der Waals surface area contributed by atoms with E-state index in [1.165, 1.54) is 30.4 Å². The molecule has 126 valence electrons. The fourth-order valence-corrected chi connectivity index (χ4v) is 2.52. The van der Waals surface area contributed by atoms with E-state index in [2.05, 4.69) is 15.6 Å². The normalized spacial score (nSPS) is 11.6. The number of benzene rings is 1. The van der Waals surface area contributed by atoms with Gasteiger partial charge in [0.15, 0.2) is 0 Å². The molecule has 1 aromatic carbocycles. The highest BCUT2D eigenvalue weighted by Crippen LogP contribution is 2.12. The van der Waals surface area contributed by atoms with Crippen LogP contribution in [-0.2, 0) is 16.0 Å². The smallest absolute Gasteiger partial charge is 0.325 e. The zero-order valence-electron chi connectivity index (χ0n) is 13.2. The van der Waals surface area contributed by atoms with Crippen molar-refractivity contribution in [2.45, 2.75) is 26.3 Å². The molecule has 1 unspecified atom stereocenters. The molecule has 0 saturated heterocycles. The zero-order valence-corrected chi connectivity index (χ0v) is 14.0. The number of hydrogen-bond donors (Lipinski definition) is 3. The van der Waals surface area contributed by atoms with Crippen LogP contribution in [0.3, 0.4) is 0 Å². The number of aliphatic carboxylic acids is 1. The van der Waals surface area contributed by atoms with Crippen molar-refractivity contribution >= 4 is 34.8 Å². The number of carboxylic acid groups (broad SMARTS) is 1. The summed E-state index contributed by atoms with van der Waals surface area (Å²) in [5.74, 6) is -1.79. The van der Waals surface area contributed by atoms with Gasteiger partial charge in [0.25, 0.3) is 5.91 Å². The monoisotopic (exact) mass is 347 g/mol. The average Bonchev–Trinajstić information content (AvgIpc) is 2.92. The second-order valence-electron chi connectivity index (χ2n) is 5.19. The Bertz CT molecular complexity index is 755. The second-order valence-corrected chi connectivity index (χ2v) is 6.26. The van der Waals surface area contributed by atoms with Crippen LogP contribution in [-0.4, -0.2) is 33.9 Å². The number of thiazole rings is 1. The van der Waals surface area contributed by atoms with Crippen LogP contribution in [0.15, 0.2) is 29.6 Å². The Morgan fingerprint density at radius 1 is 1.25 bits per heavy atom. The van der Waals surface area contributed by atoms with E-state index in [1.54, 1.807) is 12.1 Å². The first kappa shape index (κ1) is 17.6. The average molecular weight is 347 g/mol. The van der Waals surface area contributed by atoms with Gasteiger partial charge in [0.1, 0.15) is 6.04 Å². The van der Waals surface area contributed by atoms with Gasteiger partial charge in [-0.1, -0.05) is 0 Å². The number of carboxylic acids is 1. The number of nitrogens with zero attached hydrogens (tertiary/aromatic N) is 1. The molecule has 1 atom stereocenters. The molecule has 1 heterocycles. The molecule has 0 aliphatic carbocycles. The third-order valence-electron chi connectivity index (χ3n) is 3.16. The minimum Gasteiger partial charge on any atom is -0.480 e. The summed E-state index contributed by atoms with van der Waals surface area (Å²) in [6.45, 7) is 3.26. The fourth-order valence-electron chi connectivity index (χ4n) is 1.91. The maximum Gasteiger partial charge on any atom is 0.325 e. The SMILES string of the molecule is Cc1nc(CC(=O)Nc2ccc(C(=O)NC(C)C(=O)O)cc2)cs1. The lowest BCUT2D eigenvalue weighted by molar-refractivity contribution is -0.138. The first-order valence-electron chi connectivity index (χ1n) is 7.19. The van der Waals surface area contributed by atoms with Crippen molar-refractivity contribution in [3.8, 4) is 0 Å². The molecule has 3 N–H and O–H groups in total. The molecular formula is C16H17N3O4S. The molecule has 0 bridgehead atoms. The molecule has 2 aromatic rings. The number of aryl methyl sites for hydroxylation is 1. The largest absolute Gasteiger partial charge is 0.480 e. The maximum absolute atomic E-state index is 11.9. The second kappa shape index (κ2) is 7.69. The van der Waals surface area contributed by atoms with Gasteiger partial charge in [-0.15, -0.1) is 11.3 Å². The van der Waals surface area contributed by atoms with Crippen molar-refractivity contribution in [1.82, 2.24) is 10.3 Å². The molecular weight excluding hydrogens is 330 g/mol. The summed E-state index contributed by atoms with van der Waals surface area (Å²) in [6.07, 6.45) is 0.183. The maximum atomic E-state index is 11.9. The van der Waals surface area contributed by atoms with Crippen LogP contribution in [0, 0.1) is 6.92 Å². The first-order chi connectivity index (χ1) is 11.3. The standard InChI is InChI=1S/C16H17N3O4S/c1-9(16(22)23)17-15(21)11-3-5-12(6-4-11)19-14(20)7-13-8-24-10(2)18-13/h3-6,8-9H,7H2,1-2H3,(H,17,21)(H,19,20)(H,22,23). The summed E-state index contributed by atoms with van der Waals surface area (Å²) in [7, 11) is 0. The van der Waals surface area contributed by atoms with Crippen LogP contribution >= 0.6 is 11.3 Å². The van der Waals surface area contributed by atoms with Crippen molar-refractivity contribution in [2.24, 2.45) is 0 Å². The van der Waals surface area contributed by atoms with Crippen LogP contribution in [0.25, 0.3) is 0 Å². The minimum absolute atomic E-state index is 0.183. The van der Waals surface area contributed by atoms with E-state index in [9.17, 15) is 14.4 Å². The van der Waals surface area contributed by atoms with Crippen LogP contribution in [0.5, 0.6) is 0 Å². The fraction of sp³-hybridized carbons (Fsp3) is 0.250. The summed E-state index contributed by atoms with van der Waals surface area (Å²) < 4.78 is 0. The molecule has 24 heavy (non-hydrogen) atoms. The molecule has 2 amide bonds. The highest BCUT2D eigenvalue weighted by molar-refractivity contribution is 7.09. The Morgan fingerprint density at radius 2 is 1.92 bits per heavy atom. The number of hydrogen-bond acceptors (Lipinski definition) is 5. The Balaban J connectivity index is 1.92. The summed E-state index contributed by atoms with van der Waals surface area (Å²) >= 11 is 1.49. The number of carbonyl (C=O) groups is 3. The molecule has 0 fully saturated rings. The van der Waals surface area contributed by atoms with Crippen molar-refractivity contribution in [3.63, 3.8) is 0 Å². The van der Waals surface area contributed by atoms with E-state index in [0.717, 1.165) is 5.01 Å². The molecule has 1 aromatic heterocycles. The highest BCUT2D eigenvalue weighted by Gasteiger charge is 2.15. The van der Waals surface area contributed by atoms with Gasteiger partial charge < -0.3 is 15.7 Å². The van der Waals surface area contributed by atoms with E-state index >= 15 is 0 Å². The van der Waals surface area contributed by atoms with Gasteiger partial charge in [-0.3, -0.25) is 14.4 Å². The predicted molar refractivity (Wildman–Crippen MR) is 90.2 cm³/mol. The minimum atomic E-state index is -1.11. The number of nitrogens with one attached hydrogen (secondary N) is 2. The number of rotatable bonds is 6. The topological polar surface area (TPSA) is 108 Å². The van der Waals surface area contributed by atoms with E-state index in [-0.39, 0.29) is 12.3 Å². The third-order valence-corrected chi connectivity index (χ3v) is 3.98. The lowest BCUT2D eigenvalue weighted by atomic mass is 10.1. The molecule has 0 saturated carbocycles. The molecule has 0 aliphatic heterocycles. The van der Waals surface area contributed by atoms with E-state index in [4.69, 9.17) is 5.11 Å². The van der Waals surface area contributed by atoms with Crippen molar-refractivity contribution in [2.75, 3.05) is 5.32 Å². The predicted octanol–water partition coefficient (Wildman–Crippen LogP) is 1.84. The van der Waals surface area contributed by atoms with Gasteiger partial charge >= 0.3 is 5.97 Å². The van der Waals surface area contributed by atoms with Crippen LogP contribution < -0.4 is 10.6 Å². The van der Waals surface area contributed by atoms with Crippen molar-refractivity contribution < 1.29 is 19.5 Å². The van der Waals surface area contributed by atoms with Gasteiger partial charge in [-0.25, -0.2) is 4.98 Å². The van der Waals surface area contributed by atoms with Gasteiger partial charge in [-0.05, 0) is 38.1 Å². The highest BCUT2D eigenvalue weighted by atomic mass is 32.1. The van der Waals surface area contributed by atoms with E-state index in [1.807, 2.05) is 12.3 Å². The lowest BCUT2D eigenvalue weighted by Gasteiger charge is -2.10. The molecule has 7 nitrogen and oxygen atoms in total. The van der Waals surface area contributed by atoms with Gasteiger partial charge in [0.05, 0.1) is 17.1 Å². The number of aromatic nitrogens is 1. The Kier molecular flexibility index (Phi) is 5.64. The summed E-state index contributed by atoms with van der Waals surface area (Å²) in [5, 5.41) is 16.6. The Labute approximate surface area is 142 Å². The zero-order chi connectivity index (χ0) is 17.7. The Hall–Kier alpha value is -2.74. The third kappa shape index (κ3) is 4.88. The van der Waals surface area contributed by atoms with Crippen molar-refractivity contribution in [1.29, 1.82) is 0 Å². The number of carbonyl (C=O) groups excluding carboxylic acids is 2. The molecule has 8 heteroatoms. The van der Waals surface area contributed by atoms with Crippen LogP contribution in [0.2, 0.25) is 0 Å². The molecule has 0 spiro atoms. The van der Waals surface area contributed by atoms with Gasteiger partial charge in [0.2, 0.25) is 5.91 Å². The summed E-state index contributed by atoms with van der Waals surface area (Å²) in [4.78, 5) is 38.8. The Morgan fingerprint density at radius 3 is 2.46 bits per heavy atom. The number of amides is 2. The van der Waals surface area contributed by atoms with Gasteiger partial charge in [-0.2, -0.15) is 0 Å². The first-order valence-corrected chi connectivity index (χ1v) is 8.07. The number of anilines is 1. The van der Waals surface area contributed by atoms with Crippen LogP contribution in [0.1, 0.15) is 28.0 Å². The van der Waals surface area contributed by atoms with Crippen LogP contribution in [0.4, 0.5) is 5.69 Å². The lowest BCUT2D eigenvalue weighted by Crippen LogP contribution is -2.38. The van der Waals surface area contributed by atoms with Gasteiger partial charge in [0, 0.05) is 16.6 Å². The quantitative estimate of drug-likeness (QED) is 0.739. The molecule has 0 radical (unpaired) electrons. The molecule has 2 rings (SSSR count). The summed E-state index contributed by atoms with van der Waals surface area (Å²) in [6, 6.07) is 5.24. The summed E-state index contributed by atoms with van der Waals surface area (Å²) in [5.41, 5.74) is 1.58. The van der Waals surface area contributed by atoms with E-state index < -0.39 is 17.9 Å².